The highest BCUT2D eigenvalue weighted by atomic mass is 16.1. The molecule has 0 radical (unpaired) electrons. The van der Waals surface area contributed by atoms with Crippen molar-refractivity contribution in [3.8, 4) is 0 Å². The number of nitrogen functional groups attached to an aromatic ring is 1. The van der Waals surface area contributed by atoms with Crippen LogP contribution < -0.4 is 5.73 Å². The summed E-state index contributed by atoms with van der Waals surface area (Å²) in [5.74, 6) is 0.452. The smallest absolute Gasteiger partial charge is 0.195 e. The van der Waals surface area contributed by atoms with E-state index in [1.54, 1.807) is 29.0 Å². The summed E-state index contributed by atoms with van der Waals surface area (Å²) in [6.45, 7) is 6.87. The summed E-state index contributed by atoms with van der Waals surface area (Å²) in [5, 5.41) is 0. The van der Waals surface area contributed by atoms with E-state index in [-0.39, 0.29) is 5.78 Å². The lowest BCUT2D eigenvalue weighted by Gasteiger charge is -2.01. The van der Waals surface area contributed by atoms with Crippen molar-refractivity contribution in [1.29, 1.82) is 0 Å². The third-order valence-electron chi connectivity index (χ3n) is 2.73. The summed E-state index contributed by atoms with van der Waals surface area (Å²) in [6, 6.07) is 0. The standard InChI is InChI=1S/C14H15N5O/c1-4-6-16-10(5-2)11-12-13(15)17-7-8-19(12)14(18-11)9(3)20/h4-8H,1H2,2-3H3,(H2,15,17)/b10-5-,16-6?. The highest BCUT2D eigenvalue weighted by Gasteiger charge is 2.18. The highest BCUT2D eigenvalue weighted by molar-refractivity contribution is 5.95. The van der Waals surface area contributed by atoms with Crippen molar-refractivity contribution < 1.29 is 4.79 Å². The molecule has 0 aromatic carbocycles. The van der Waals surface area contributed by atoms with Gasteiger partial charge in [0.1, 0.15) is 17.0 Å². The van der Waals surface area contributed by atoms with Gasteiger partial charge in [-0.3, -0.25) is 14.2 Å². The van der Waals surface area contributed by atoms with E-state index in [0.717, 1.165) is 0 Å². The van der Waals surface area contributed by atoms with Crippen LogP contribution in [0, 0.1) is 0 Å². The predicted molar refractivity (Wildman–Crippen MR) is 79.7 cm³/mol. The van der Waals surface area contributed by atoms with E-state index in [9.17, 15) is 4.79 Å². The summed E-state index contributed by atoms with van der Waals surface area (Å²) in [6.07, 6.45) is 8.10. The molecule has 0 saturated carbocycles. The van der Waals surface area contributed by atoms with E-state index < -0.39 is 0 Å². The highest BCUT2D eigenvalue weighted by Crippen LogP contribution is 2.25. The van der Waals surface area contributed by atoms with Crippen LogP contribution in [0.15, 0.2) is 36.1 Å². The molecule has 0 amide bonds. The van der Waals surface area contributed by atoms with Crippen LogP contribution in [0.5, 0.6) is 0 Å². The van der Waals surface area contributed by atoms with E-state index in [2.05, 4.69) is 21.5 Å². The molecule has 2 rings (SSSR count). The van der Waals surface area contributed by atoms with Gasteiger partial charge in [-0.05, 0) is 6.92 Å². The molecule has 0 atom stereocenters. The molecule has 0 aliphatic heterocycles. The van der Waals surface area contributed by atoms with Crippen LogP contribution in [0.4, 0.5) is 5.82 Å². The number of hydrogen-bond donors (Lipinski definition) is 1. The van der Waals surface area contributed by atoms with Crippen LogP contribution in [0.2, 0.25) is 0 Å². The Morgan fingerprint density at radius 2 is 2.30 bits per heavy atom. The number of ketones is 1. The van der Waals surface area contributed by atoms with Crippen LogP contribution in [-0.4, -0.2) is 26.4 Å². The summed E-state index contributed by atoms with van der Waals surface area (Å²) in [5.41, 5.74) is 7.62. The number of aromatic nitrogens is 3. The molecule has 2 N–H and O–H groups in total. The molecule has 2 heterocycles. The Labute approximate surface area is 116 Å². The molecule has 0 aliphatic rings. The largest absolute Gasteiger partial charge is 0.382 e. The Hall–Kier alpha value is -2.76. The zero-order valence-electron chi connectivity index (χ0n) is 11.4. The maximum absolute atomic E-state index is 11.7. The van der Waals surface area contributed by atoms with Crippen LogP contribution in [-0.2, 0) is 0 Å². The first-order valence-electron chi connectivity index (χ1n) is 6.05. The Morgan fingerprint density at radius 3 is 2.90 bits per heavy atom. The third-order valence-corrected chi connectivity index (χ3v) is 2.73. The molecule has 2 aromatic rings. The molecule has 102 valence electrons. The number of hydrogen-bond acceptors (Lipinski definition) is 5. The first-order chi connectivity index (χ1) is 9.60. The number of fused-ring (bicyclic) bond motifs is 1. The van der Waals surface area contributed by atoms with Gasteiger partial charge in [-0.2, -0.15) is 0 Å². The van der Waals surface area contributed by atoms with E-state index >= 15 is 0 Å². The topological polar surface area (TPSA) is 85.6 Å². The van der Waals surface area contributed by atoms with Crippen molar-refractivity contribution in [1.82, 2.24) is 14.4 Å². The Balaban J connectivity index is 2.79. The average molecular weight is 269 g/mol. The predicted octanol–water partition coefficient (Wildman–Crippen LogP) is 2.13. The van der Waals surface area contributed by atoms with Gasteiger partial charge in [-0.15, -0.1) is 0 Å². The van der Waals surface area contributed by atoms with Gasteiger partial charge >= 0.3 is 0 Å². The van der Waals surface area contributed by atoms with Gasteiger partial charge in [0.05, 0.1) is 5.70 Å². The van der Waals surface area contributed by atoms with Crippen LogP contribution in [0.3, 0.4) is 0 Å². The minimum Gasteiger partial charge on any atom is -0.382 e. The molecular formula is C14H15N5O. The fourth-order valence-corrected chi connectivity index (χ4v) is 1.90. The normalized spacial score (nSPS) is 12.2. The lowest BCUT2D eigenvalue weighted by atomic mass is 10.2. The Morgan fingerprint density at radius 1 is 1.55 bits per heavy atom. The quantitative estimate of drug-likeness (QED) is 0.680. The van der Waals surface area contributed by atoms with Gasteiger partial charge in [0.2, 0.25) is 0 Å². The van der Waals surface area contributed by atoms with E-state index in [1.165, 1.54) is 13.1 Å². The first kappa shape index (κ1) is 13.7. The summed E-state index contributed by atoms with van der Waals surface area (Å²) in [4.78, 5) is 24.3. The number of anilines is 1. The zero-order chi connectivity index (χ0) is 14.7. The van der Waals surface area contributed by atoms with Crippen LogP contribution in [0.25, 0.3) is 11.2 Å². The average Bonchev–Trinajstić information content (AvgIpc) is 2.81. The number of carbonyl (C=O) groups excluding carboxylic acids is 1. The van der Waals surface area contributed by atoms with Crippen molar-refractivity contribution in [3.63, 3.8) is 0 Å². The van der Waals surface area contributed by atoms with Gasteiger partial charge in [-0.1, -0.05) is 18.7 Å². The second kappa shape index (κ2) is 5.48. The molecule has 0 saturated heterocycles. The second-order valence-electron chi connectivity index (χ2n) is 4.06. The van der Waals surface area contributed by atoms with Gasteiger partial charge in [0, 0.05) is 25.5 Å². The van der Waals surface area contributed by atoms with Gasteiger partial charge in [-0.25, -0.2) is 9.97 Å². The minimum absolute atomic E-state index is 0.153. The number of allylic oxidation sites excluding steroid dienone is 2. The molecule has 20 heavy (non-hydrogen) atoms. The molecule has 6 heteroatoms. The molecule has 0 spiro atoms. The SMILES string of the molecule is C=CC=N/C(=C\C)c1nc(C(C)=O)n2ccnc(N)c12. The van der Waals surface area contributed by atoms with Crippen molar-refractivity contribution in [2.45, 2.75) is 13.8 Å². The third kappa shape index (κ3) is 2.23. The Kier molecular flexibility index (Phi) is 3.74. The molecule has 2 aromatic heterocycles. The second-order valence-corrected chi connectivity index (χ2v) is 4.06. The number of nitrogens with two attached hydrogens (primary N) is 1. The van der Waals surface area contributed by atoms with Gasteiger partial charge in [0.25, 0.3) is 0 Å². The van der Waals surface area contributed by atoms with Crippen LogP contribution >= 0.6 is 0 Å². The van der Waals surface area contributed by atoms with E-state index in [1.807, 2.05) is 6.92 Å². The molecule has 0 bridgehead atoms. The lowest BCUT2D eigenvalue weighted by molar-refractivity contribution is 0.100. The summed E-state index contributed by atoms with van der Waals surface area (Å²) < 4.78 is 1.63. The maximum Gasteiger partial charge on any atom is 0.195 e. The minimum atomic E-state index is -0.153. The van der Waals surface area contributed by atoms with Crippen molar-refractivity contribution >= 4 is 29.0 Å². The maximum atomic E-state index is 11.7. The molecule has 0 unspecified atom stereocenters. The number of aliphatic imine (C=N–C) groups is 1. The molecular weight excluding hydrogens is 254 g/mol. The lowest BCUT2D eigenvalue weighted by Crippen LogP contribution is -2.02. The number of Topliss-reactive ketones (excluding diaryl/α,β-unsaturated/α-hetero) is 1. The molecule has 0 fully saturated rings. The van der Waals surface area contributed by atoms with Crippen molar-refractivity contribution in [2.75, 3.05) is 5.73 Å². The van der Waals surface area contributed by atoms with Crippen LogP contribution in [0.1, 0.15) is 30.2 Å². The fourth-order valence-electron chi connectivity index (χ4n) is 1.90. The molecule has 6 nitrogen and oxygen atoms in total. The monoisotopic (exact) mass is 269 g/mol. The number of carbonyl (C=O) groups is 1. The van der Waals surface area contributed by atoms with E-state index in [0.29, 0.717) is 28.5 Å². The van der Waals surface area contributed by atoms with Crippen molar-refractivity contribution in [2.24, 2.45) is 4.99 Å². The first-order valence-corrected chi connectivity index (χ1v) is 6.05. The Bertz CT molecular complexity index is 739. The fraction of sp³-hybridized carbons (Fsp3) is 0.143. The summed E-state index contributed by atoms with van der Waals surface area (Å²) in [7, 11) is 0. The van der Waals surface area contributed by atoms with Crippen molar-refractivity contribution in [3.05, 3.63) is 42.6 Å². The number of nitrogens with zero attached hydrogens (tertiary/aromatic N) is 4. The van der Waals surface area contributed by atoms with E-state index in [4.69, 9.17) is 5.73 Å². The number of imidazole rings is 1. The number of rotatable bonds is 4. The molecule has 0 aliphatic carbocycles. The summed E-state index contributed by atoms with van der Waals surface area (Å²) >= 11 is 0. The van der Waals surface area contributed by atoms with Gasteiger partial charge in [0.15, 0.2) is 11.6 Å². The zero-order valence-corrected chi connectivity index (χ0v) is 11.4. The van der Waals surface area contributed by atoms with Gasteiger partial charge < -0.3 is 5.73 Å².